The first-order valence-electron chi connectivity index (χ1n) is 7.37. The molecule has 1 aromatic heterocycles. The number of aryl methyl sites for hydroxylation is 1. The fourth-order valence-electron chi connectivity index (χ4n) is 2.03. The highest BCUT2D eigenvalue weighted by atomic mass is 127. The highest BCUT2D eigenvalue weighted by molar-refractivity contribution is 14.0. The summed E-state index contributed by atoms with van der Waals surface area (Å²) in [5, 5.41) is 3.11. The summed E-state index contributed by atoms with van der Waals surface area (Å²) in [5.74, 6) is 1.31. The lowest BCUT2D eigenvalue weighted by Crippen LogP contribution is -2.22. The van der Waals surface area contributed by atoms with E-state index in [1.807, 2.05) is 49.3 Å². The van der Waals surface area contributed by atoms with E-state index < -0.39 is 0 Å². The molecular weight excluding hydrogens is 401 g/mol. The highest BCUT2D eigenvalue weighted by Gasteiger charge is 2.00. The number of benzene rings is 1. The molecule has 0 aliphatic rings. The average molecular weight is 425 g/mol. The molecule has 0 aliphatic carbocycles. The van der Waals surface area contributed by atoms with E-state index in [1.54, 1.807) is 0 Å². The molecule has 0 atom stereocenters. The van der Waals surface area contributed by atoms with Crippen LogP contribution in [0.5, 0.6) is 0 Å². The van der Waals surface area contributed by atoms with Crippen molar-refractivity contribution in [2.45, 2.75) is 19.9 Å². The highest BCUT2D eigenvalue weighted by Crippen LogP contribution is 2.11. The smallest absolute Gasteiger partial charge is 0.193 e. The van der Waals surface area contributed by atoms with Gasteiger partial charge in [0.25, 0.3) is 0 Å². The summed E-state index contributed by atoms with van der Waals surface area (Å²) in [4.78, 5) is 10.8. The van der Waals surface area contributed by atoms with Crippen LogP contribution in [0.1, 0.15) is 18.2 Å². The Bertz CT molecular complexity index is 655. The summed E-state index contributed by atoms with van der Waals surface area (Å²) < 4.78 is 0. The van der Waals surface area contributed by atoms with Crippen LogP contribution in [-0.2, 0) is 13.0 Å². The van der Waals surface area contributed by atoms with E-state index >= 15 is 0 Å². The predicted octanol–water partition coefficient (Wildman–Crippen LogP) is 3.25. The summed E-state index contributed by atoms with van der Waals surface area (Å²) in [7, 11) is 3.93. The third-order valence-corrected chi connectivity index (χ3v) is 3.27. The lowest BCUT2D eigenvalue weighted by atomic mass is 10.1. The molecule has 0 bridgehead atoms. The fourth-order valence-corrected chi connectivity index (χ4v) is 2.03. The minimum absolute atomic E-state index is 0. The molecular formula is C17H24IN5. The molecule has 0 saturated carbocycles. The predicted molar refractivity (Wildman–Crippen MR) is 109 cm³/mol. The number of halogens is 1. The van der Waals surface area contributed by atoms with Crippen LogP contribution in [0, 0.1) is 0 Å². The molecule has 0 unspecified atom stereocenters. The number of anilines is 2. The molecule has 0 saturated heterocycles. The molecule has 0 radical (unpaired) electrons. The number of nitrogens with two attached hydrogens (primary N) is 1. The maximum absolute atomic E-state index is 5.94. The van der Waals surface area contributed by atoms with Crippen LogP contribution >= 0.6 is 24.0 Å². The van der Waals surface area contributed by atoms with Gasteiger partial charge in [-0.15, -0.1) is 24.0 Å². The van der Waals surface area contributed by atoms with Gasteiger partial charge in [-0.05, 0) is 36.2 Å². The zero-order valence-electron chi connectivity index (χ0n) is 13.8. The molecule has 2 rings (SSSR count). The number of pyridine rings is 1. The summed E-state index contributed by atoms with van der Waals surface area (Å²) in [6.45, 7) is 2.58. The van der Waals surface area contributed by atoms with E-state index in [2.05, 4.69) is 34.3 Å². The van der Waals surface area contributed by atoms with Gasteiger partial charge in [-0.25, -0.2) is 9.98 Å². The van der Waals surface area contributed by atoms with Gasteiger partial charge in [-0.1, -0.05) is 25.1 Å². The fraction of sp³-hybridized carbons (Fsp3) is 0.294. The summed E-state index contributed by atoms with van der Waals surface area (Å²) >= 11 is 0. The number of aromatic nitrogens is 1. The van der Waals surface area contributed by atoms with Gasteiger partial charge in [0.1, 0.15) is 5.82 Å². The second kappa shape index (κ2) is 9.34. The molecule has 5 nitrogen and oxygen atoms in total. The quantitative estimate of drug-likeness (QED) is 0.439. The number of nitrogens with one attached hydrogen (secondary N) is 1. The third kappa shape index (κ3) is 6.05. The standard InChI is InChI=1S/C17H23N5.HI/c1-4-13-7-5-8-14(11-13)21-17(18)19-12-15-9-6-10-16(20-15)22(2)3;/h5-11H,4,12H2,1-3H3,(H3,18,19,21);1H. The van der Waals surface area contributed by atoms with Gasteiger partial charge >= 0.3 is 0 Å². The van der Waals surface area contributed by atoms with Gasteiger partial charge in [-0.3, -0.25) is 0 Å². The van der Waals surface area contributed by atoms with Gasteiger partial charge in [0.2, 0.25) is 0 Å². The lowest BCUT2D eigenvalue weighted by Gasteiger charge is -2.11. The van der Waals surface area contributed by atoms with Crippen molar-refractivity contribution in [2.24, 2.45) is 10.7 Å². The molecule has 0 spiro atoms. The molecule has 0 fully saturated rings. The Labute approximate surface area is 155 Å². The minimum atomic E-state index is 0. The van der Waals surface area contributed by atoms with Crippen LogP contribution in [-0.4, -0.2) is 25.0 Å². The Hall–Kier alpha value is -1.83. The van der Waals surface area contributed by atoms with E-state index in [0.717, 1.165) is 23.6 Å². The van der Waals surface area contributed by atoms with Crippen molar-refractivity contribution in [1.82, 2.24) is 4.98 Å². The largest absolute Gasteiger partial charge is 0.370 e. The van der Waals surface area contributed by atoms with E-state index in [-0.39, 0.29) is 24.0 Å². The second-order valence-corrected chi connectivity index (χ2v) is 5.26. The van der Waals surface area contributed by atoms with Crippen LogP contribution in [0.2, 0.25) is 0 Å². The molecule has 2 aromatic rings. The SMILES string of the molecule is CCc1cccc(NC(N)=NCc2cccc(N(C)C)n2)c1.I. The second-order valence-electron chi connectivity index (χ2n) is 5.26. The minimum Gasteiger partial charge on any atom is -0.370 e. The van der Waals surface area contributed by atoms with Crippen LogP contribution in [0.4, 0.5) is 11.5 Å². The van der Waals surface area contributed by atoms with Crippen molar-refractivity contribution in [3.05, 3.63) is 53.7 Å². The molecule has 23 heavy (non-hydrogen) atoms. The van der Waals surface area contributed by atoms with E-state index in [0.29, 0.717) is 12.5 Å². The van der Waals surface area contributed by atoms with Gasteiger partial charge in [0.15, 0.2) is 5.96 Å². The molecule has 124 valence electrons. The Kier molecular flexibility index (Phi) is 7.80. The van der Waals surface area contributed by atoms with Gasteiger partial charge in [-0.2, -0.15) is 0 Å². The average Bonchev–Trinajstić information content (AvgIpc) is 2.53. The van der Waals surface area contributed by atoms with E-state index in [9.17, 15) is 0 Å². The Morgan fingerprint density at radius 2 is 1.96 bits per heavy atom. The van der Waals surface area contributed by atoms with Crippen molar-refractivity contribution in [3.8, 4) is 0 Å². The maximum Gasteiger partial charge on any atom is 0.193 e. The van der Waals surface area contributed by atoms with Gasteiger partial charge in [0.05, 0.1) is 12.2 Å². The van der Waals surface area contributed by atoms with Crippen molar-refractivity contribution in [1.29, 1.82) is 0 Å². The number of guanidine groups is 1. The summed E-state index contributed by atoms with van der Waals surface area (Å²) in [6.07, 6.45) is 0.994. The van der Waals surface area contributed by atoms with Crippen LogP contribution in [0.15, 0.2) is 47.5 Å². The Balaban J connectivity index is 0.00000264. The molecule has 6 heteroatoms. The first-order chi connectivity index (χ1) is 10.6. The molecule has 0 aliphatic heterocycles. The van der Waals surface area contributed by atoms with Crippen LogP contribution in [0.25, 0.3) is 0 Å². The van der Waals surface area contributed by atoms with Crippen molar-refractivity contribution in [3.63, 3.8) is 0 Å². The summed E-state index contributed by atoms with van der Waals surface area (Å²) in [6, 6.07) is 14.0. The zero-order chi connectivity index (χ0) is 15.9. The third-order valence-electron chi connectivity index (χ3n) is 3.27. The lowest BCUT2D eigenvalue weighted by molar-refractivity contribution is 0.958. The molecule has 1 heterocycles. The number of hydrogen-bond acceptors (Lipinski definition) is 3. The zero-order valence-corrected chi connectivity index (χ0v) is 16.1. The Morgan fingerprint density at radius 1 is 1.22 bits per heavy atom. The monoisotopic (exact) mass is 425 g/mol. The number of hydrogen-bond donors (Lipinski definition) is 2. The normalized spacial score (nSPS) is 10.8. The van der Waals surface area contributed by atoms with Crippen molar-refractivity contribution >= 4 is 41.4 Å². The van der Waals surface area contributed by atoms with Crippen molar-refractivity contribution < 1.29 is 0 Å². The van der Waals surface area contributed by atoms with E-state index in [4.69, 9.17) is 5.73 Å². The molecule has 0 amide bonds. The molecule has 1 aromatic carbocycles. The maximum atomic E-state index is 5.94. The number of nitrogens with zero attached hydrogens (tertiary/aromatic N) is 3. The van der Waals surface area contributed by atoms with Crippen molar-refractivity contribution in [2.75, 3.05) is 24.3 Å². The topological polar surface area (TPSA) is 66.5 Å². The van der Waals surface area contributed by atoms with E-state index in [1.165, 1.54) is 5.56 Å². The Morgan fingerprint density at radius 3 is 2.65 bits per heavy atom. The van der Waals surface area contributed by atoms with Crippen LogP contribution in [0.3, 0.4) is 0 Å². The van der Waals surface area contributed by atoms with Gasteiger partial charge in [0, 0.05) is 19.8 Å². The number of rotatable bonds is 5. The first kappa shape index (κ1) is 19.2. The first-order valence-corrected chi connectivity index (χ1v) is 7.37. The number of aliphatic imine (C=N–C) groups is 1. The van der Waals surface area contributed by atoms with Crippen LogP contribution < -0.4 is 16.0 Å². The summed E-state index contributed by atoms with van der Waals surface area (Å²) in [5.41, 5.74) is 9.05. The van der Waals surface area contributed by atoms with Gasteiger partial charge < -0.3 is 16.0 Å². The molecule has 3 N–H and O–H groups in total.